The molecule has 3 nitrogen and oxygen atoms in total. The number of hydrogen-bond donors (Lipinski definition) is 1. The Hall–Kier alpha value is -0.410. The zero-order chi connectivity index (χ0) is 13.2. The second-order valence-corrected chi connectivity index (χ2v) is 7.45. The fraction of sp³-hybridized carbons (Fsp3) is 0.933. The average Bonchev–Trinajstić information content (AvgIpc) is 2.76. The van der Waals surface area contributed by atoms with Crippen LogP contribution in [-0.4, -0.2) is 28.7 Å². The van der Waals surface area contributed by atoms with Gasteiger partial charge in [0.2, 0.25) is 0 Å². The van der Waals surface area contributed by atoms with Crippen molar-refractivity contribution in [3.8, 4) is 0 Å². The van der Waals surface area contributed by atoms with E-state index < -0.39 is 0 Å². The summed E-state index contributed by atoms with van der Waals surface area (Å²) in [5.74, 6) is 1.77. The van der Waals surface area contributed by atoms with Gasteiger partial charge >= 0.3 is 0 Å². The van der Waals surface area contributed by atoms with Crippen LogP contribution in [0, 0.1) is 29.6 Å². The molecule has 0 saturated heterocycles. The fourth-order valence-electron chi connectivity index (χ4n) is 4.83. The Kier molecular flexibility index (Phi) is 2.66. The largest absolute Gasteiger partial charge is 0.392 e. The zero-order valence-corrected chi connectivity index (χ0v) is 11.7. The van der Waals surface area contributed by atoms with E-state index in [0.29, 0.717) is 11.8 Å². The molecule has 0 aromatic carbocycles. The summed E-state index contributed by atoms with van der Waals surface area (Å²) in [7, 11) is 0. The van der Waals surface area contributed by atoms with E-state index in [9.17, 15) is 9.90 Å². The first kappa shape index (κ1) is 12.6. The van der Waals surface area contributed by atoms with Crippen molar-refractivity contribution in [1.82, 2.24) is 0 Å². The highest BCUT2D eigenvalue weighted by Gasteiger charge is 2.66. The van der Waals surface area contributed by atoms with Gasteiger partial charge < -0.3 is 9.84 Å². The first-order valence-electron chi connectivity index (χ1n) is 7.16. The summed E-state index contributed by atoms with van der Waals surface area (Å²) in [6.07, 6.45) is 1.86. The van der Waals surface area contributed by atoms with E-state index in [1.807, 2.05) is 0 Å². The number of fused-ring (bicyclic) bond motifs is 1. The molecular weight excluding hydrogens is 228 g/mol. The number of carbonyl (C=O) groups is 1. The van der Waals surface area contributed by atoms with Crippen molar-refractivity contribution in [1.29, 1.82) is 0 Å². The summed E-state index contributed by atoms with van der Waals surface area (Å²) in [5, 5.41) is 10.5. The van der Waals surface area contributed by atoms with Gasteiger partial charge in [-0.25, -0.2) is 0 Å². The van der Waals surface area contributed by atoms with Crippen LogP contribution in [0.15, 0.2) is 0 Å². The number of ether oxygens (including phenoxy) is 1. The predicted molar refractivity (Wildman–Crippen MR) is 68.0 cm³/mol. The minimum Gasteiger partial charge on any atom is -0.392 e. The molecule has 3 heteroatoms. The average molecular weight is 252 g/mol. The van der Waals surface area contributed by atoms with Crippen molar-refractivity contribution in [2.24, 2.45) is 29.6 Å². The Morgan fingerprint density at radius 1 is 1.22 bits per heavy atom. The highest BCUT2D eigenvalue weighted by Crippen LogP contribution is 2.63. The van der Waals surface area contributed by atoms with E-state index in [1.54, 1.807) is 6.92 Å². The normalized spacial score (nSPS) is 49.9. The van der Waals surface area contributed by atoms with Crippen molar-refractivity contribution in [3.63, 3.8) is 0 Å². The smallest absolute Gasteiger partial charge is 0.133 e. The molecule has 3 aliphatic carbocycles. The van der Waals surface area contributed by atoms with Crippen molar-refractivity contribution < 1.29 is 14.6 Å². The number of hydrogen-bond acceptors (Lipinski definition) is 3. The maximum absolute atomic E-state index is 11.7. The highest BCUT2D eigenvalue weighted by molar-refractivity contribution is 5.79. The molecule has 0 aromatic rings. The second-order valence-electron chi connectivity index (χ2n) is 7.45. The molecule has 0 spiro atoms. The van der Waals surface area contributed by atoms with Crippen LogP contribution in [0.25, 0.3) is 0 Å². The summed E-state index contributed by atoms with van der Waals surface area (Å²) in [5.41, 5.74) is -0.166. The van der Waals surface area contributed by atoms with E-state index in [0.717, 1.165) is 12.8 Å². The van der Waals surface area contributed by atoms with Crippen LogP contribution in [0.4, 0.5) is 0 Å². The van der Waals surface area contributed by atoms with E-state index in [2.05, 4.69) is 20.8 Å². The van der Waals surface area contributed by atoms with Gasteiger partial charge in [0.25, 0.3) is 0 Å². The minimum atomic E-state index is -0.324. The summed E-state index contributed by atoms with van der Waals surface area (Å²) in [6, 6.07) is 0. The monoisotopic (exact) mass is 252 g/mol. The third-order valence-corrected chi connectivity index (χ3v) is 5.23. The molecule has 2 bridgehead atoms. The summed E-state index contributed by atoms with van der Waals surface area (Å²) >= 11 is 0. The third kappa shape index (κ3) is 1.67. The van der Waals surface area contributed by atoms with Crippen LogP contribution >= 0.6 is 0 Å². The molecule has 3 rings (SSSR count). The van der Waals surface area contributed by atoms with Gasteiger partial charge in [0.1, 0.15) is 5.78 Å². The van der Waals surface area contributed by atoms with E-state index in [-0.39, 0.29) is 41.3 Å². The van der Waals surface area contributed by atoms with E-state index in [4.69, 9.17) is 4.74 Å². The minimum absolute atomic E-state index is 0.0774. The Morgan fingerprint density at radius 3 is 2.44 bits per heavy atom. The van der Waals surface area contributed by atoms with Gasteiger partial charge in [0, 0.05) is 17.8 Å². The van der Waals surface area contributed by atoms with Crippen LogP contribution in [0.3, 0.4) is 0 Å². The molecule has 0 amide bonds. The van der Waals surface area contributed by atoms with Gasteiger partial charge in [-0.2, -0.15) is 0 Å². The number of Topliss-reactive ketones (excluding diaryl/α,β-unsaturated/α-hetero) is 1. The van der Waals surface area contributed by atoms with Crippen molar-refractivity contribution in [2.75, 3.05) is 0 Å². The van der Waals surface area contributed by atoms with Crippen LogP contribution in [0.1, 0.15) is 40.5 Å². The van der Waals surface area contributed by atoms with Crippen LogP contribution in [0.2, 0.25) is 0 Å². The number of carbonyl (C=O) groups excluding carboxylic acids is 1. The van der Waals surface area contributed by atoms with Crippen molar-refractivity contribution in [2.45, 2.75) is 58.3 Å². The topological polar surface area (TPSA) is 46.5 Å². The molecule has 0 unspecified atom stereocenters. The SMILES string of the molecule is CC(=O)[C@H]1C[C@@H]2C[C@@H]3[C@@H](O)[C@H]1[C@H]2[C@@H]3OC(C)(C)C. The van der Waals surface area contributed by atoms with Crippen LogP contribution in [-0.2, 0) is 9.53 Å². The number of aliphatic hydroxyl groups is 1. The Labute approximate surface area is 109 Å². The Balaban J connectivity index is 1.86. The molecule has 7 atom stereocenters. The lowest BCUT2D eigenvalue weighted by atomic mass is 9.83. The molecule has 0 heterocycles. The predicted octanol–water partition coefficient (Wildman–Crippen LogP) is 2.02. The molecule has 1 N–H and O–H groups in total. The summed E-state index contributed by atoms with van der Waals surface area (Å²) < 4.78 is 6.19. The van der Waals surface area contributed by atoms with Gasteiger partial charge in [-0.05, 0) is 52.4 Å². The summed E-state index contributed by atoms with van der Waals surface area (Å²) in [4.78, 5) is 11.7. The van der Waals surface area contributed by atoms with E-state index >= 15 is 0 Å². The molecule has 102 valence electrons. The molecule has 18 heavy (non-hydrogen) atoms. The quantitative estimate of drug-likeness (QED) is 0.818. The van der Waals surface area contributed by atoms with Gasteiger partial charge in [0.15, 0.2) is 0 Å². The van der Waals surface area contributed by atoms with E-state index in [1.165, 1.54) is 0 Å². The van der Waals surface area contributed by atoms with Gasteiger partial charge in [-0.3, -0.25) is 4.79 Å². The second kappa shape index (κ2) is 3.80. The van der Waals surface area contributed by atoms with Crippen LogP contribution in [0.5, 0.6) is 0 Å². The van der Waals surface area contributed by atoms with Gasteiger partial charge in [-0.1, -0.05) is 0 Å². The Morgan fingerprint density at radius 2 is 1.89 bits per heavy atom. The lowest BCUT2D eigenvalue weighted by Crippen LogP contribution is -2.31. The first-order chi connectivity index (χ1) is 8.29. The first-order valence-corrected chi connectivity index (χ1v) is 7.16. The molecule has 3 aliphatic rings. The molecular formula is C15H24O3. The molecule has 3 fully saturated rings. The number of ketones is 1. The van der Waals surface area contributed by atoms with Gasteiger partial charge in [-0.15, -0.1) is 0 Å². The molecule has 3 saturated carbocycles. The fourth-order valence-corrected chi connectivity index (χ4v) is 4.83. The lowest BCUT2D eigenvalue weighted by Gasteiger charge is -2.28. The maximum Gasteiger partial charge on any atom is 0.133 e. The standard InChI is InChI=1S/C15H24O3/c1-7(16)9-5-8-6-10-13(17)12(9)11(8)14(10)18-15(2,3)4/h8-14,17H,5-6H2,1-4H3/t8-,9-,10-,11+,12-,13-,14-/m1/s1. The van der Waals surface area contributed by atoms with Crippen molar-refractivity contribution >= 4 is 5.78 Å². The molecule has 0 aliphatic heterocycles. The van der Waals surface area contributed by atoms with Crippen LogP contribution < -0.4 is 0 Å². The maximum atomic E-state index is 11.7. The number of aliphatic hydroxyl groups excluding tert-OH is 1. The van der Waals surface area contributed by atoms with Gasteiger partial charge in [0.05, 0.1) is 17.8 Å². The zero-order valence-electron chi connectivity index (χ0n) is 11.7. The Bertz CT molecular complexity index is 370. The lowest BCUT2D eigenvalue weighted by molar-refractivity contribution is -0.123. The molecule has 0 aromatic heterocycles. The third-order valence-electron chi connectivity index (χ3n) is 5.23. The number of rotatable bonds is 2. The molecule has 0 radical (unpaired) electrons. The highest BCUT2D eigenvalue weighted by atomic mass is 16.5. The van der Waals surface area contributed by atoms with Crippen molar-refractivity contribution in [3.05, 3.63) is 0 Å². The summed E-state index contributed by atoms with van der Waals surface area (Å²) in [6.45, 7) is 7.89.